The number of likely N-dealkylation sites (N-methyl/N-ethyl adjacent to an activating group) is 1. The molecule has 1 saturated heterocycles. The van der Waals surface area contributed by atoms with Crippen molar-refractivity contribution in [1.82, 2.24) is 4.90 Å². The van der Waals surface area contributed by atoms with Crippen LogP contribution in [-0.2, 0) is 5.60 Å². The van der Waals surface area contributed by atoms with Crippen molar-refractivity contribution in [3.8, 4) is 0 Å². The van der Waals surface area contributed by atoms with Crippen molar-refractivity contribution < 1.29 is 9.50 Å². The number of halogens is 1. The first-order valence-corrected chi connectivity index (χ1v) is 7.73. The predicted molar refractivity (Wildman–Crippen MR) is 86.3 cm³/mol. The number of aryl methyl sites for hydroxylation is 1. The molecule has 1 heterocycles. The largest absolute Gasteiger partial charge is 0.384 e. The minimum atomic E-state index is -1.03. The van der Waals surface area contributed by atoms with Gasteiger partial charge in [0, 0.05) is 19.0 Å². The molecule has 22 heavy (non-hydrogen) atoms. The van der Waals surface area contributed by atoms with E-state index in [1.54, 1.807) is 12.1 Å². The summed E-state index contributed by atoms with van der Waals surface area (Å²) >= 11 is 0. The molecule has 0 bridgehead atoms. The number of likely N-dealkylation sites (tertiary alicyclic amines) is 1. The van der Waals surface area contributed by atoms with Crippen LogP contribution in [0.25, 0.3) is 0 Å². The Balaban J connectivity index is 2.09. The third-order valence-corrected chi connectivity index (χ3v) is 4.74. The Morgan fingerprint density at radius 2 is 1.95 bits per heavy atom. The predicted octanol–water partition coefficient (Wildman–Crippen LogP) is 3.44. The maximum atomic E-state index is 14.3. The van der Waals surface area contributed by atoms with Crippen molar-refractivity contribution in [2.75, 3.05) is 20.1 Å². The molecule has 1 N–H and O–H groups in total. The number of nitrogens with zero attached hydrogens (tertiary/aromatic N) is 1. The maximum absolute atomic E-state index is 14.3. The highest BCUT2D eigenvalue weighted by atomic mass is 19.1. The summed E-state index contributed by atoms with van der Waals surface area (Å²) in [5.74, 6) is -0.511. The Hall–Kier alpha value is -1.71. The third-order valence-electron chi connectivity index (χ3n) is 4.74. The zero-order valence-corrected chi connectivity index (χ0v) is 13.1. The molecule has 1 aliphatic heterocycles. The van der Waals surface area contributed by atoms with Gasteiger partial charge < -0.3 is 10.0 Å². The Morgan fingerprint density at radius 1 is 1.18 bits per heavy atom. The van der Waals surface area contributed by atoms with E-state index in [1.165, 1.54) is 6.07 Å². The molecule has 0 spiro atoms. The second kappa shape index (κ2) is 5.82. The van der Waals surface area contributed by atoms with Gasteiger partial charge in [-0.25, -0.2) is 4.39 Å². The van der Waals surface area contributed by atoms with Gasteiger partial charge in [-0.2, -0.15) is 0 Å². The normalized spacial score (nSPS) is 26.1. The molecule has 116 valence electrons. The minimum absolute atomic E-state index is 0.242. The molecule has 0 unspecified atom stereocenters. The van der Waals surface area contributed by atoms with Gasteiger partial charge in [0.25, 0.3) is 0 Å². The molecule has 0 saturated carbocycles. The zero-order chi connectivity index (χ0) is 15.7. The van der Waals surface area contributed by atoms with E-state index in [-0.39, 0.29) is 11.7 Å². The minimum Gasteiger partial charge on any atom is -0.384 e. The van der Waals surface area contributed by atoms with Gasteiger partial charge in [-0.05, 0) is 37.6 Å². The first-order chi connectivity index (χ1) is 10.5. The third kappa shape index (κ3) is 2.67. The average molecular weight is 299 g/mol. The summed E-state index contributed by atoms with van der Waals surface area (Å²) in [5, 5.41) is 11.4. The molecule has 3 rings (SSSR count). The Bertz CT molecular complexity index is 672. The molecule has 2 atom stereocenters. The molecule has 2 nitrogen and oxygen atoms in total. The van der Waals surface area contributed by atoms with Crippen LogP contribution >= 0.6 is 0 Å². The van der Waals surface area contributed by atoms with Crippen LogP contribution in [0.2, 0.25) is 0 Å². The summed E-state index contributed by atoms with van der Waals surface area (Å²) in [6.07, 6.45) is 0.603. The van der Waals surface area contributed by atoms with Crippen LogP contribution in [0.15, 0.2) is 48.5 Å². The fourth-order valence-corrected chi connectivity index (χ4v) is 3.46. The molecule has 0 amide bonds. The highest BCUT2D eigenvalue weighted by Crippen LogP contribution is 2.43. The molecule has 2 aromatic rings. The Morgan fingerprint density at radius 3 is 2.68 bits per heavy atom. The maximum Gasteiger partial charge on any atom is 0.126 e. The van der Waals surface area contributed by atoms with E-state index in [2.05, 4.69) is 4.90 Å². The topological polar surface area (TPSA) is 23.5 Å². The molecule has 0 radical (unpaired) electrons. The van der Waals surface area contributed by atoms with Gasteiger partial charge in [-0.3, -0.25) is 0 Å². The lowest BCUT2D eigenvalue weighted by molar-refractivity contribution is -0.0428. The van der Waals surface area contributed by atoms with E-state index in [0.717, 1.165) is 17.7 Å². The van der Waals surface area contributed by atoms with E-state index in [0.29, 0.717) is 18.5 Å². The zero-order valence-electron chi connectivity index (χ0n) is 13.1. The van der Waals surface area contributed by atoms with Crippen molar-refractivity contribution in [2.24, 2.45) is 0 Å². The molecule has 0 aliphatic carbocycles. The standard InChI is InChI=1S/C19H22FNO/c1-14-6-5-7-15(12-14)19(22)10-11-21(2)13-17(19)16-8-3-4-9-18(16)20/h3-9,12,17,22H,10-11,13H2,1-2H3/t17-,19-/m1/s1. The second-order valence-electron chi connectivity index (χ2n) is 6.38. The molecule has 3 heteroatoms. The summed E-state index contributed by atoms with van der Waals surface area (Å²) < 4.78 is 14.3. The Kier molecular flexibility index (Phi) is 4.02. The Labute approximate surface area is 131 Å². The van der Waals surface area contributed by atoms with Gasteiger partial charge in [0.05, 0.1) is 5.60 Å². The summed E-state index contributed by atoms with van der Waals surface area (Å²) in [7, 11) is 2.02. The second-order valence-corrected chi connectivity index (χ2v) is 6.38. The first-order valence-electron chi connectivity index (χ1n) is 7.73. The number of benzene rings is 2. The molecule has 0 aromatic heterocycles. The number of rotatable bonds is 2. The lowest BCUT2D eigenvalue weighted by atomic mass is 9.72. The molecule has 1 fully saturated rings. The summed E-state index contributed by atoms with van der Waals surface area (Å²) in [5.41, 5.74) is 1.56. The van der Waals surface area contributed by atoms with Crippen LogP contribution in [0.3, 0.4) is 0 Å². The number of aliphatic hydroxyl groups is 1. The van der Waals surface area contributed by atoms with Gasteiger partial charge in [0.1, 0.15) is 5.82 Å². The van der Waals surface area contributed by atoms with Gasteiger partial charge in [0.2, 0.25) is 0 Å². The number of hydrogen-bond acceptors (Lipinski definition) is 2. The van der Waals surface area contributed by atoms with E-state index in [9.17, 15) is 9.50 Å². The van der Waals surface area contributed by atoms with E-state index >= 15 is 0 Å². The molecular formula is C19H22FNO. The molecule has 1 aliphatic rings. The van der Waals surface area contributed by atoms with Gasteiger partial charge in [-0.15, -0.1) is 0 Å². The SMILES string of the molecule is Cc1cccc([C@]2(O)CCN(C)C[C@@H]2c2ccccc2F)c1. The fourth-order valence-electron chi connectivity index (χ4n) is 3.46. The number of hydrogen-bond donors (Lipinski definition) is 1. The van der Waals surface area contributed by atoms with Crippen molar-refractivity contribution in [3.63, 3.8) is 0 Å². The van der Waals surface area contributed by atoms with Crippen LogP contribution in [0.4, 0.5) is 4.39 Å². The van der Waals surface area contributed by atoms with Crippen LogP contribution in [0.5, 0.6) is 0 Å². The van der Waals surface area contributed by atoms with Crippen molar-refractivity contribution >= 4 is 0 Å². The van der Waals surface area contributed by atoms with Crippen LogP contribution in [-0.4, -0.2) is 30.1 Å². The van der Waals surface area contributed by atoms with Crippen molar-refractivity contribution in [2.45, 2.75) is 24.9 Å². The lowest BCUT2D eigenvalue weighted by Crippen LogP contribution is -2.47. The van der Waals surface area contributed by atoms with E-state index in [1.807, 2.05) is 44.3 Å². The quantitative estimate of drug-likeness (QED) is 0.918. The monoisotopic (exact) mass is 299 g/mol. The van der Waals surface area contributed by atoms with Gasteiger partial charge in [-0.1, -0.05) is 48.0 Å². The molecular weight excluding hydrogens is 277 g/mol. The fraction of sp³-hybridized carbons (Fsp3) is 0.368. The first kappa shape index (κ1) is 15.2. The number of piperidine rings is 1. The summed E-state index contributed by atoms with van der Waals surface area (Å²) in [4.78, 5) is 2.15. The average Bonchev–Trinajstić information content (AvgIpc) is 2.51. The van der Waals surface area contributed by atoms with Gasteiger partial charge >= 0.3 is 0 Å². The van der Waals surface area contributed by atoms with E-state index in [4.69, 9.17) is 0 Å². The smallest absolute Gasteiger partial charge is 0.126 e. The van der Waals surface area contributed by atoms with Gasteiger partial charge in [0.15, 0.2) is 0 Å². The van der Waals surface area contributed by atoms with E-state index < -0.39 is 5.60 Å². The van der Waals surface area contributed by atoms with Crippen LogP contribution in [0.1, 0.15) is 29.0 Å². The van der Waals surface area contributed by atoms with Crippen molar-refractivity contribution in [1.29, 1.82) is 0 Å². The van der Waals surface area contributed by atoms with Crippen LogP contribution in [0, 0.1) is 12.7 Å². The highest BCUT2D eigenvalue weighted by Gasteiger charge is 2.43. The summed E-state index contributed by atoms with van der Waals surface area (Å²) in [6, 6.07) is 14.7. The summed E-state index contributed by atoms with van der Waals surface area (Å²) in [6.45, 7) is 3.46. The lowest BCUT2D eigenvalue weighted by Gasteiger charge is -2.44. The highest BCUT2D eigenvalue weighted by molar-refractivity contribution is 5.35. The molecule has 2 aromatic carbocycles. The van der Waals surface area contributed by atoms with Crippen LogP contribution < -0.4 is 0 Å². The van der Waals surface area contributed by atoms with Crippen molar-refractivity contribution in [3.05, 3.63) is 71.0 Å².